The van der Waals surface area contributed by atoms with E-state index < -0.39 is 18.2 Å². The molecular formula is C55H105NO4. The highest BCUT2D eigenvalue weighted by molar-refractivity contribution is 5.76. The van der Waals surface area contributed by atoms with Crippen LogP contribution in [0.25, 0.3) is 0 Å². The van der Waals surface area contributed by atoms with Crippen molar-refractivity contribution in [1.29, 1.82) is 0 Å². The number of carbonyl (C=O) groups excluding carboxylic acids is 1. The molecular weight excluding hydrogens is 739 g/mol. The summed E-state index contributed by atoms with van der Waals surface area (Å²) in [6.45, 7) is 4.19. The first-order valence-corrected chi connectivity index (χ1v) is 26.8. The largest absolute Gasteiger partial charge is 0.394 e. The molecule has 0 saturated carbocycles. The fraction of sp³-hybridized carbons (Fsp3) is 0.873. The van der Waals surface area contributed by atoms with Gasteiger partial charge in [0.1, 0.15) is 6.10 Å². The van der Waals surface area contributed by atoms with Crippen LogP contribution in [0.1, 0.15) is 284 Å². The Morgan fingerprint density at radius 3 is 1.02 bits per heavy atom. The van der Waals surface area contributed by atoms with Crippen molar-refractivity contribution >= 4 is 5.91 Å². The molecule has 0 aromatic heterocycles. The Morgan fingerprint density at radius 2 is 0.683 bits per heavy atom. The highest BCUT2D eigenvalue weighted by Gasteiger charge is 2.26. The molecule has 0 fully saturated rings. The lowest BCUT2D eigenvalue weighted by molar-refractivity contribution is -0.124. The highest BCUT2D eigenvalue weighted by Crippen LogP contribution is 2.16. The number of amides is 1. The number of aliphatic hydroxyl groups excluding tert-OH is 3. The van der Waals surface area contributed by atoms with E-state index in [0.29, 0.717) is 12.8 Å². The summed E-state index contributed by atoms with van der Waals surface area (Å²) >= 11 is 0. The molecule has 3 atom stereocenters. The summed E-state index contributed by atoms with van der Waals surface area (Å²) in [5, 5.41) is 33.7. The molecule has 0 saturated heterocycles. The van der Waals surface area contributed by atoms with Gasteiger partial charge >= 0.3 is 0 Å². The summed E-state index contributed by atoms with van der Waals surface area (Å²) in [6, 6.07) is -0.834. The van der Waals surface area contributed by atoms with Crippen molar-refractivity contribution in [2.75, 3.05) is 6.61 Å². The Hall–Kier alpha value is -1.43. The van der Waals surface area contributed by atoms with Crippen molar-refractivity contribution in [1.82, 2.24) is 5.32 Å². The number of hydrogen-bond acceptors (Lipinski definition) is 4. The van der Waals surface area contributed by atoms with Gasteiger partial charge in [0.15, 0.2) is 0 Å². The Morgan fingerprint density at radius 1 is 0.400 bits per heavy atom. The molecule has 0 radical (unpaired) electrons. The second kappa shape index (κ2) is 50.2. The Bertz CT molecular complexity index is 931. The third-order valence-electron chi connectivity index (χ3n) is 12.4. The highest BCUT2D eigenvalue weighted by atomic mass is 16.3. The smallest absolute Gasteiger partial charge is 0.220 e. The van der Waals surface area contributed by atoms with E-state index in [1.807, 2.05) is 0 Å². The van der Waals surface area contributed by atoms with Crippen LogP contribution in [-0.4, -0.2) is 46.1 Å². The first-order valence-electron chi connectivity index (χ1n) is 26.8. The molecule has 0 aliphatic rings. The molecule has 4 N–H and O–H groups in total. The number of unbranched alkanes of at least 4 members (excludes halogenated alkanes) is 35. The van der Waals surface area contributed by atoms with Crippen molar-refractivity contribution < 1.29 is 20.1 Å². The van der Waals surface area contributed by atoms with Gasteiger partial charge in [-0.05, 0) is 77.0 Å². The van der Waals surface area contributed by atoms with Crippen LogP contribution in [0.15, 0.2) is 36.5 Å². The summed E-state index contributed by atoms with van der Waals surface area (Å²) in [7, 11) is 0. The maximum Gasteiger partial charge on any atom is 0.220 e. The minimum Gasteiger partial charge on any atom is -0.394 e. The van der Waals surface area contributed by atoms with Crippen LogP contribution >= 0.6 is 0 Å². The van der Waals surface area contributed by atoms with E-state index >= 15 is 0 Å². The molecule has 354 valence electrons. The number of rotatable bonds is 49. The molecule has 0 aromatic rings. The van der Waals surface area contributed by atoms with Crippen molar-refractivity contribution in [3.63, 3.8) is 0 Å². The van der Waals surface area contributed by atoms with Crippen molar-refractivity contribution in [2.45, 2.75) is 302 Å². The maximum absolute atomic E-state index is 12.5. The van der Waals surface area contributed by atoms with E-state index in [1.54, 1.807) is 0 Å². The summed E-state index contributed by atoms with van der Waals surface area (Å²) in [5.41, 5.74) is 0. The first kappa shape index (κ1) is 58.6. The van der Waals surface area contributed by atoms with Crippen LogP contribution in [0, 0.1) is 0 Å². The maximum atomic E-state index is 12.5. The van der Waals surface area contributed by atoms with Gasteiger partial charge in [-0.2, -0.15) is 0 Å². The third-order valence-corrected chi connectivity index (χ3v) is 12.4. The van der Waals surface area contributed by atoms with Gasteiger partial charge < -0.3 is 20.6 Å². The second-order valence-corrected chi connectivity index (χ2v) is 18.4. The summed E-state index contributed by atoms with van der Waals surface area (Å²) in [6.07, 6.45) is 64.3. The zero-order valence-electron chi connectivity index (χ0n) is 40.4. The molecule has 0 spiro atoms. The lowest BCUT2D eigenvalue weighted by Gasteiger charge is -2.26. The van der Waals surface area contributed by atoms with Crippen molar-refractivity contribution in [3.05, 3.63) is 36.5 Å². The predicted octanol–water partition coefficient (Wildman–Crippen LogP) is 16.3. The van der Waals surface area contributed by atoms with Gasteiger partial charge in [-0.1, -0.05) is 237 Å². The van der Waals surface area contributed by atoms with E-state index in [9.17, 15) is 20.1 Å². The van der Waals surface area contributed by atoms with E-state index in [-0.39, 0.29) is 12.5 Å². The SMILES string of the molecule is CCCCCCCCCCCCCC/C=C\CCCCCCCCCCCC(=O)NC(CO)C(O)C(O)CCC/C=C/CC/C=C/CCCCCCCCCCCCCC. The molecule has 0 aliphatic carbocycles. The molecule has 5 heteroatoms. The van der Waals surface area contributed by atoms with Crippen LogP contribution in [0.5, 0.6) is 0 Å². The quantitative estimate of drug-likeness (QED) is 0.0363. The molecule has 1 amide bonds. The van der Waals surface area contributed by atoms with E-state index in [1.165, 1.54) is 212 Å². The van der Waals surface area contributed by atoms with Gasteiger partial charge in [-0.3, -0.25) is 4.79 Å². The fourth-order valence-electron chi connectivity index (χ4n) is 8.29. The van der Waals surface area contributed by atoms with Gasteiger partial charge in [0, 0.05) is 6.42 Å². The van der Waals surface area contributed by atoms with Crippen molar-refractivity contribution in [2.24, 2.45) is 0 Å². The average molecular weight is 844 g/mol. The molecule has 0 rings (SSSR count). The topological polar surface area (TPSA) is 89.8 Å². The molecule has 0 aromatic carbocycles. The number of aliphatic hydroxyl groups is 3. The van der Waals surface area contributed by atoms with E-state index in [4.69, 9.17) is 0 Å². The normalized spacial score (nSPS) is 13.6. The van der Waals surface area contributed by atoms with Crippen molar-refractivity contribution in [3.8, 4) is 0 Å². The van der Waals surface area contributed by atoms with E-state index in [0.717, 1.165) is 44.9 Å². The molecule has 0 bridgehead atoms. The summed E-state index contributed by atoms with van der Waals surface area (Å²) in [4.78, 5) is 12.5. The fourth-order valence-corrected chi connectivity index (χ4v) is 8.29. The van der Waals surface area contributed by atoms with Crippen LogP contribution < -0.4 is 5.32 Å². The van der Waals surface area contributed by atoms with Gasteiger partial charge in [0.25, 0.3) is 0 Å². The first-order chi connectivity index (χ1) is 29.6. The summed E-state index contributed by atoms with van der Waals surface area (Å²) in [5.74, 6) is -0.158. The minimum absolute atomic E-state index is 0.158. The number of hydrogen-bond donors (Lipinski definition) is 4. The summed E-state index contributed by atoms with van der Waals surface area (Å²) < 4.78 is 0. The molecule has 60 heavy (non-hydrogen) atoms. The molecule has 0 heterocycles. The van der Waals surface area contributed by atoms with Gasteiger partial charge in [0.2, 0.25) is 5.91 Å². The zero-order chi connectivity index (χ0) is 43.7. The molecule has 0 aliphatic heterocycles. The van der Waals surface area contributed by atoms with Crippen LogP contribution in [-0.2, 0) is 4.79 Å². The number of carbonyl (C=O) groups is 1. The monoisotopic (exact) mass is 844 g/mol. The average Bonchev–Trinajstić information content (AvgIpc) is 3.25. The lowest BCUT2D eigenvalue weighted by atomic mass is 10.0. The third kappa shape index (κ3) is 44.6. The van der Waals surface area contributed by atoms with Crippen LogP contribution in [0.4, 0.5) is 0 Å². The van der Waals surface area contributed by atoms with Crippen LogP contribution in [0.3, 0.4) is 0 Å². The Balaban J connectivity index is 3.62. The predicted molar refractivity (Wildman–Crippen MR) is 264 cm³/mol. The molecule has 5 nitrogen and oxygen atoms in total. The standard InChI is InChI=1S/C55H105NO4/c1-3-5-7-9-11-13-15-17-19-21-23-25-26-27-28-30-32-34-36-38-40-42-44-46-48-50-54(59)56-52(51-57)55(60)53(58)49-47-45-43-41-39-37-35-33-31-29-24-22-20-18-16-14-12-10-8-6-4-2/h27-28,33,35,41,43,52-53,55,57-58,60H,3-26,29-32,34,36-40,42,44-51H2,1-2H3,(H,56,59)/b28-27-,35-33+,43-41+. The van der Waals surface area contributed by atoms with Crippen LogP contribution in [0.2, 0.25) is 0 Å². The van der Waals surface area contributed by atoms with E-state index in [2.05, 4.69) is 55.6 Å². The van der Waals surface area contributed by atoms with Gasteiger partial charge in [0.05, 0.1) is 18.8 Å². The number of nitrogens with one attached hydrogen (secondary N) is 1. The second-order valence-electron chi connectivity index (χ2n) is 18.4. The Kier molecular flexibility index (Phi) is 49.0. The molecule has 3 unspecified atom stereocenters. The number of allylic oxidation sites excluding steroid dienone is 6. The van der Waals surface area contributed by atoms with Gasteiger partial charge in [-0.15, -0.1) is 0 Å². The van der Waals surface area contributed by atoms with Gasteiger partial charge in [-0.25, -0.2) is 0 Å². The minimum atomic E-state index is -1.17. The zero-order valence-corrected chi connectivity index (χ0v) is 40.4. The lowest BCUT2D eigenvalue weighted by Crippen LogP contribution is -2.50. The Labute approximate surface area is 374 Å².